The van der Waals surface area contributed by atoms with Crippen molar-refractivity contribution >= 4 is 33.3 Å². The molecule has 1 fully saturated rings. The van der Waals surface area contributed by atoms with Crippen molar-refractivity contribution in [2.45, 2.75) is 13.8 Å². The standard InChI is InChI=1S/C12H17BrN4O/c1-8-10(14)7-15-12(11(8)13)17-5-3-16(4-6-17)9(2)18/h7H,3-6,14H2,1-2H3. The summed E-state index contributed by atoms with van der Waals surface area (Å²) in [7, 11) is 0. The summed E-state index contributed by atoms with van der Waals surface area (Å²) in [5.74, 6) is 1.04. The number of nitrogens with two attached hydrogens (primary N) is 1. The molecule has 1 saturated heterocycles. The number of carbonyl (C=O) groups excluding carboxylic acids is 1. The smallest absolute Gasteiger partial charge is 0.219 e. The molecule has 2 rings (SSSR count). The molecule has 1 aliphatic heterocycles. The van der Waals surface area contributed by atoms with Crippen LogP contribution in [0.15, 0.2) is 10.7 Å². The van der Waals surface area contributed by atoms with Crippen LogP contribution in [0, 0.1) is 6.92 Å². The second-order valence-electron chi connectivity index (χ2n) is 4.47. The molecule has 1 aromatic rings. The van der Waals surface area contributed by atoms with Crippen LogP contribution in [-0.4, -0.2) is 42.0 Å². The molecule has 1 aromatic heterocycles. The van der Waals surface area contributed by atoms with Gasteiger partial charge in [0.2, 0.25) is 5.91 Å². The molecule has 98 valence electrons. The number of anilines is 2. The van der Waals surface area contributed by atoms with Crippen molar-refractivity contribution in [1.29, 1.82) is 0 Å². The number of nitrogens with zero attached hydrogens (tertiary/aromatic N) is 3. The molecule has 2 heterocycles. The first-order valence-electron chi connectivity index (χ1n) is 5.91. The maximum Gasteiger partial charge on any atom is 0.219 e. The Kier molecular flexibility index (Phi) is 3.75. The molecule has 0 aromatic carbocycles. The summed E-state index contributed by atoms with van der Waals surface area (Å²) >= 11 is 3.55. The highest BCUT2D eigenvalue weighted by molar-refractivity contribution is 9.10. The molecule has 2 N–H and O–H groups in total. The van der Waals surface area contributed by atoms with Crippen LogP contribution in [0.4, 0.5) is 11.5 Å². The zero-order valence-corrected chi connectivity index (χ0v) is 12.2. The molecule has 0 radical (unpaired) electrons. The lowest BCUT2D eigenvalue weighted by Crippen LogP contribution is -2.48. The van der Waals surface area contributed by atoms with Crippen LogP contribution in [0.25, 0.3) is 0 Å². The zero-order valence-electron chi connectivity index (χ0n) is 10.6. The van der Waals surface area contributed by atoms with Crippen LogP contribution in [0.1, 0.15) is 12.5 Å². The predicted octanol–water partition coefficient (Wildman–Crippen LogP) is 1.40. The lowest BCUT2D eigenvalue weighted by Gasteiger charge is -2.35. The fourth-order valence-electron chi connectivity index (χ4n) is 2.03. The minimum atomic E-state index is 0.134. The normalized spacial score (nSPS) is 15.9. The van der Waals surface area contributed by atoms with Gasteiger partial charge in [0.1, 0.15) is 5.82 Å². The van der Waals surface area contributed by atoms with Gasteiger partial charge in [0.05, 0.1) is 16.4 Å². The SMILES string of the molecule is CC(=O)N1CCN(c2ncc(N)c(C)c2Br)CC1. The van der Waals surface area contributed by atoms with Gasteiger partial charge >= 0.3 is 0 Å². The van der Waals surface area contributed by atoms with E-state index in [9.17, 15) is 4.79 Å². The molecule has 18 heavy (non-hydrogen) atoms. The molecule has 0 saturated carbocycles. The number of nitrogen functional groups attached to an aromatic ring is 1. The van der Waals surface area contributed by atoms with E-state index >= 15 is 0 Å². The van der Waals surface area contributed by atoms with Crippen molar-refractivity contribution < 1.29 is 4.79 Å². The van der Waals surface area contributed by atoms with E-state index in [2.05, 4.69) is 25.8 Å². The van der Waals surface area contributed by atoms with Gasteiger partial charge in [0.25, 0.3) is 0 Å². The third-order valence-corrected chi connectivity index (χ3v) is 4.26. The first-order valence-corrected chi connectivity index (χ1v) is 6.71. The quantitative estimate of drug-likeness (QED) is 0.851. The molecule has 0 spiro atoms. The molecule has 0 aliphatic carbocycles. The summed E-state index contributed by atoms with van der Waals surface area (Å²) in [6.45, 7) is 6.66. The van der Waals surface area contributed by atoms with Crippen molar-refractivity contribution in [3.8, 4) is 0 Å². The lowest BCUT2D eigenvalue weighted by molar-refractivity contribution is -0.129. The first-order chi connectivity index (χ1) is 8.50. The molecule has 0 bridgehead atoms. The summed E-state index contributed by atoms with van der Waals surface area (Å²) in [6.07, 6.45) is 1.69. The highest BCUT2D eigenvalue weighted by Gasteiger charge is 2.21. The number of hydrogen-bond donors (Lipinski definition) is 1. The first kappa shape index (κ1) is 13.1. The van der Waals surface area contributed by atoms with E-state index in [1.165, 1.54) is 0 Å². The van der Waals surface area contributed by atoms with Crippen LogP contribution >= 0.6 is 15.9 Å². The Hall–Kier alpha value is -1.30. The van der Waals surface area contributed by atoms with E-state index in [-0.39, 0.29) is 5.91 Å². The Labute approximate surface area is 115 Å². The van der Waals surface area contributed by atoms with E-state index in [4.69, 9.17) is 5.73 Å². The van der Waals surface area contributed by atoms with E-state index in [1.54, 1.807) is 13.1 Å². The van der Waals surface area contributed by atoms with Gasteiger partial charge in [0.15, 0.2) is 0 Å². The summed E-state index contributed by atoms with van der Waals surface area (Å²) in [5, 5.41) is 0. The lowest BCUT2D eigenvalue weighted by atomic mass is 10.2. The zero-order chi connectivity index (χ0) is 13.3. The summed E-state index contributed by atoms with van der Waals surface area (Å²) in [6, 6.07) is 0. The van der Waals surface area contributed by atoms with Crippen molar-refractivity contribution in [3.05, 3.63) is 16.2 Å². The van der Waals surface area contributed by atoms with Crippen molar-refractivity contribution in [1.82, 2.24) is 9.88 Å². The average molecular weight is 313 g/mol. The Morgan fingerprint density at radius 2 is 2.00 bits per heavy atom. The Morgan fingerprint density at radius 1 is 1.39 bits per heavy atom. The van der Waals surface area contributed by atoms with Gasteiger partial charge < -0.3 is 15.5 Å². The largest absolute Gasteiger partial charge is 0.397 e. The number of piperazine rings is 1. The number of carbonyl (C=O) groups is 1. The number of rotatable bonds is 1. The fourth-order valence-corrected chi connectivity index (χ4v) is 2.61. The molecule has 1 aliphatic rings. The topological polar surface area (TPSA) is 62.5 Å². The van der Waals surface area contributed by atoms with E-state index in [0.717, 1.165) is 42.0 Å². The van der Waals surface area contributed by atoms with Crippen LogP contribution in [0.3, 0.4) is 0 Å². The minimum Gasteiger partial charge on any atom is -0.397 e. The predicted molar refractivity (Wildman–Crippen MR) is 75.6 cm³/mol. The fraction of sp³-hybridized carbons (Fsp3) is 0.500. The van der Waals surface area contributed by atoms with E-state index in [1.807, 2.05) is 11.8 Å². The second-order valence-corrected chi connectivity index (χ2v) is 5.26. The molecular weight excluding hydrogens is 296 g/mol. The number of pyridine rings is 1. The van der Waals surface area contributed by atoms with Gasteiger partial charge in [-0.15, -0.1) is 0 Å². The molecule has 1 amide bonds. The van der Waals surface area contributed by atoms with Gasteiger partial charge in [-0.1, -0.05) is 0 Å². The van der Waals surface area contributed by atoms with Gasteiger partial charge in [-0.3, -0.25) is 4.79 Å². The number of hydrogen-bond acceptors (Lipinski definition) is 4. The number of halogens is 1. The average Bonchev–Trinajstić information content (AvgIpc) is 2.36. The van der Waals surface area contributed by atoms with E-state index < -0.39 is 0 Å². The Morgan fingerprint density at radius 3 is 2.56 bits per heavy atom. The Balaban J connectivity index is 2.15. The van der Waals surface area contributed by atoms with Crippen molar-refractivity contribution in [2.24, 2.45) is 0 Å². The van der Waals surface area contributed by atoms with Gasteiger partial charge in [-0.2, -0.15) is 0 Å². The van der Waals surface area contributed by atoms with Crippen molar-refractivity contribution in [2.75, 3.05) is 36.8 Å². The summed E-state index contributed by atoms with van der Waals surface area (Å²) in [5.41, 5.74) is 7.51. The number of amides is 1. The molecule has 0 atom stereocenters. The van der Waals surface area contributed by atoms with Crippen molar-refractivity contribution in [3.63, 3.8) is 0 Å². The molecule has 5 nitrogen and oxygen atoms in total. The Bertz CT molecular complexity index is 469. The van der Waals surface area contributed by atoms with E-state index in [0.29, 0.717) is 5.69 Å². The highest BCUT2D eigenvalue weighted by Crippen LogP contribution is 2.30. The molecule has 6 heteroatoms. The van der Waals surface area contributed by atoms with Crippen LogP contribution < -0.4 is 10.6 Å². The van der Waals surface area contributed by atoms with Gasteiger partial charge in [0, 0.05) is 33.1 Å². The molecular formula is C12H17BrN4O. The molecule has 0 unspecified atom stereocenters. The third-order valence-electron chi connectivity index (χ3n) is 3.31. The third kappa shape index (κ3) is 2.43. The van der Waals surface area contributed by atoms with Gasteiger partial charge in [-0.05, 0) is 28.4 Å². The minimum absolute atomic E-state index is 0.134. The highest BCUT2D eigenvalue weighted by atomic mass is 79.9. The number of aromatic nitrogens is 1. The van der Waals surface area contributed by atoms with Gasteiger partial charge in [-0.25, -0.2) is 4.98 Å². The summed E-state index contributed by atoms with van der Waals surface area (Å²) < 4.78 is 0.943. The second kappa shape index (κ2) is 5.14. The monoisotopic (exact) mass is 312 g/mol. The van der Waals surface area contributed by atoms with Crippen LogP contribution in [0.2, 0.25) is 0 Å². The maximum atomic E-state index is 11.3. The maximum absolute atomic E-state index is 11.3. The summed E-state index contributed by atoms with van der Waals surface area (Å²) in [4.78, 5) is 19.7. The van der Waals surface area contributed by atoms with Crippen LogP contribution in [0.5, 0.6) is 0 Å². The van der Waals surface area contributed by atoms with Crippen LogP contribution in [-0.2, 0) is 4.79 Å².